The molecular formula is C22H22F3N3O3. The number of oxime groups is 2. The molecule has 6 nitrogen and oxygen atoms in total. The number of nitrogens with one attached hydrogen (secondary N) is 1. The number of halogens is 3. The molecule has 4 rings (SSSR count). The lowest BCUT2D eigenvalue weighted by molar-refractivity contribution is -0.355. The van der Waals surface area contributed by atoms with Gasteiger partial charge in [0.2, 0.25) is 0 Å². The summed E-state index contributed by atoms with van der Waals surface area (Å²) in [5, 5.41) is 20.7. The standard InChI is InChI=1S/C22H22F3N3O3/c1-14-18(20(28-30-14)16-7-3-2-4-8-16)13-26-12-15-6-5-9-17(10-15)19-11-21(29,31-27-19)22(23,24)25/h2-10,14,18,26,29H,11-13H2,1H3. The molecule has 164 valence electrons. The highest BCUT2D eigenvalue weighted by Gasteiger charge is 2.60. The Hall–Kier alpha value is -2.91. The van der Waals surface area contributed by atoms with Crippen molar-refractivity contribution in [3.05, 3.63) is 71.3 Å². The quantitative estimate of drug-likeness (QED) is 0.730. The Morgan fingerprint density at radius 3 is 2.55 bits per heavy atom. The van der Waals surface area contributed by atoms with Crippen LogP contribution in [0.25, 0.3) is 0 Å². The van der Waals surface area contributed by atoms with Crippen LogP contribution in [0.4, 0.5) is 13.2 Å². The fourth-order valence-electron chi connectivity index (χ4n) is 3.60. The number of hydrogen-bond acceptors (Lipinski definition) is 6. The fourth-order valence-corrected chi connectivity index (χ4v) is 3.60. The Kier molecular flexibility index (Phi) is 5.72. The molecule has 31 heavy (non-hydrogen) atoms. The first kappa shape index (κ1) is 21.3. The van der Waals surface area contributed by atoms with Gasteiger partial charge in [-0.3, -0.25) is 0 Å². The molecule has 9 heteroatoms. The van der Waals surface area contributed by atoms with Gasteiger partial charge in [0.05, 0.1) is 23.8 Å². The Balaban J connectivity index is 1.38. The van der Waals surface area contributed by atoms with Crippen molar-refractivity contribution in [3.63, 3.8) is 0 Å². The van der Waals surface area contributed by atoms with E-state index in [4.69, 9.17) is 4.84 Å². The Labute approximate surface area is 177 Å². The van der Waals surface area contributed by atoms with Crippen LogP contribution in [0.15, 0.2) is 64.9 Å². The molecule has 2 heterocycles. The van der Waals surface area contributed by atoms with Crippen molar-refractivity contribution in [2.45, 2.75) is 38.0 Å². The van der Waals surface area contributed by atoms with Crippen LogP contribution in [0.3, 0.4) is 0 Å². The second kappa shape index (κ2) is 8.32. The predicted molar refractivity (Wildman–Crippen MR) is 108 cm³/mol. The van der Waals surface area contributed by atoms with Crippen LogP contribution in [-0.2, 0) is 16.2 Å². The van der Waals surface area contributed by atoms with Crippen molar-refractivity contribution >= 4 is 11.4 Å². The topological polar surface area (TPSA) is 75.4 Å². The number of aliphatic hydroxyl groups is 1. The first-order valence-electron chi connectivity index (χ1n) is 9.90. The highest BCUT2D eigenvalue weighted by Crippen LogP contribution is 2.39. The van der Waals surface area contributed by atoms with Gasteiger partial charge >= 0.3 is 12.0 Å². The number of hydrogen-bond donors (Lipinski definition) is 2. The first-order chi connectivity index (χ1) is 14.8. The SMILES string of the molecule is CC1ON=C(c2ccccc2)C1CNCc1cccc(C2=NOC(O)(C(F)(F)F)C2)c1. The second-order valence-electron chi connectivity index (χ2n) is 7.68. The molecule has 2 aromatic rings. The summed E-state index contributed by atoms with van der Waals surface area (Å²) in [4.78, 5) is 9.77. The average molecular weight is 433 g/mol. The molecule has 2 aliphatic heterocycles. The van der Waals surface area contributed by atoms with Gasteiger partial charge in [-0.1, -0.05) is 58.8 Å². The average Bonchev–Trinajstić information content (AvgIpc) is 3.33. The molecular weight excluding hydrogens is 411 g/mol. The number of nitrogens with zero attached hydrogens (tertiary/aromatic N) is 2. The molecule has 0 aliphatic carbocycles. The van der Waals surface area contributed by atoms with Crippen LogP contribution in [0.1, 0.15) is 30.0 Å². The van der Waals surface area contributed by atoms with E-state index in [1.807, 2.05) is 43.3 Å². The Morgan fingerprint density at radius 2 is 1.84 bits per heavy atom. The van der Waals surface area contributed by atoms with E-state index in [9.17, 15) is 18.3 Å². The number of alkyl halides is 3. The summed E-state index contributed by atoms with van der Waals surface area (Å²) in [6, 6.07) is 16.8. The smallest absolute Gasteiger partial charge is 0.392 e. The van der Waals surface area contributed by atoms with Gasteiger partial charge in [-0.15, -0.1) is 0 Å². The molecule has 0 amide bonds. The van der Waals surface area contributed by atoms with E-state index in [1.54, 1.807) is 18.2 Å². The fraction of sp³-hybridized carbons (Fsp3) is 0.364. The first-order valence-corrected chi connectivity index (χ1v) is 9.90. The van der Waals surface area contributed by atoms with E-state index in [0.717, 1.165) is 16.8 Å². The lowest BCUT2D eigenvalue weighted by atomic mass is 9.93. The maximum atomic E-state index is 12.9. The van der Waals surface area contributed by atoms with Crippen molar-refractivity contribution in [2.24, 2.45) is 16.2 Å². The second-order valence-corrected chi connectivity index (χ2v) is 7.68. The predicted octanol–water partition coefficient (Wildman–Crippen LogP) is 3.59. The van der Waals surface area contributed by atoms with E-state index in [0.29, 0.717) is 18.7 Å². The third kappa shape index (κ3) is 4.42. The zero-order valence-electron chi connectivity index (χ0n) is 16.8. The van der Waals surface area contributed by atoms with E-state index >= 15 is 0 Å². The van der Waals surface area contributed by atoms with Gasteiger partial charge in [0.1, 0.15) is 6.10 Å². The van der Waals surface area contributed by atoms with Crippen molar-refractivity contribution in [1.82, 2.24) is 5.32 Å². The third-order valence-electron chi connectivity index (χ3n) is 5.42. The van der Waals surface area contributed by atoms with E-state index in [1.165, 1.54) is 0 Å². The molecule has 2 N–H and O–H groups in total. The minimum atomic E-state index is -4.92. The molecule has 0 bridgehead atoms. The maximum absolute atomic E-state index is 12.9. The van der Waals surface area contributed by atoms with Gasteiger partial charge in [0.15, 0.2) is 0 Å². The summed E-state index contributed by atoms with van der Waals surface area (Å²) in [6.07, 6.45) is -5.74. The van der Waals surface area contributed by atoms with Gasteiger partial charge in [0.25, 0.3) is 0 Å². The number of benzene rings is 2. The highest BCUT2D eigenvalue weighted by atomic mass is 19.4. The third-order valence-corrected chi connectivity index (χ3v) is 5.42. The van der Waals surface area contributed by atoms with Gasteiger partial charge in [-0.25, -0.2) is 0 Å². The maximum Gasteiger partial charge on any atom is 0.458 e. The molecule has 2 aromatic carbocycles. The van der Waals surface area contributed by atoms with Crippen LogP contribution in [-0.4, -0.2) is 41.1 Å². The molecule has 0 saturated heterocycles. The molecule has 0 aromatic heterocycles. The molecule has 0 radical (unpaired) electrons. The van der Waals surface area contributed by atoms with Gasteiger partial charge < -0.3 is 20.1 Å². The van der Waals surface area contributed by atoms with Crippen molar-refractivity contribution in [2.75, 3.05) is 6.54 Å². The summed E-state index contributed by atoms with van der Waals surface area (Å²) in [5.41, 5.74) is 3.30. The summed E-state index contributed by atoms with van der Waals surface area (Å²) in [6.45, 7) is 3.08. The summed E-state index contributed by atoms with van der Waals surface area (Å²) in [5.74, 6) is -3.21. The minimum absolute atomic E-state index is 0.0537. The lowest BCUT2D eigenvalue weighted by Crippen LogP contribution is -2.45. The molecule has 0 spiro atoms. The van der Waals surface area contributed by atoms with E-state index in [2.05, 4.69) is 20.5 Å². The zero-order chi connectivity index (χ0) is 22.1. The molecule has 3 atom stereocenters. The van der Waals surface area contributed by atoms with Gasteiger partial charge in [-0.05, 0) is 29.7 Å². The van der Waals surface area contributed by atoms with Gasteiger partial charge in [0, 0.05) is 13.1 Å². The Bertz CT molecular complexity index is 994. The normalized spacial score (nSPS) is 25.6. The zero-order valence-corrected chi connectivity index (χ0v) is 16.8. The summed E-state index contributed by atoms with van der Waals surface area (Å²) in [7, 11) is 0. The molecule has 0 saturated carbocycles. The number of rotatable bonds is 6. The van der Waals surface area contributed by atoms with Gasteiger partial charge in [-0.2, -0.15) is 13.2 Å². The van der Waals surface area contributed by atoms with Crippen molar-refractivity contribution in [3.8, 4) is 0 Å². The molecule has 0 fully saturated rings. The summed E-state index contributed by atoms with van der Waals surface area (Å²) < 4.78 is 38.8. The lowest BCUT2D eigenvalue weighted by Gasteiger charge is -2.22. The minimum Gasteiger partial charge on any atom is -0.392 e. The van der Waals surface area contributed by atoms with Crippen LogP contribution >= 0.6 is 0 Å². The van der Waals surface area contributed by atoms with Crippen LogP contribution in [0.2, 0.25) is 0 Å². The van der Waals surface area contributed by atoms with E-state index < -0.39 is 18.4 Å². The molecule has 3 unspecified atom stereocenters. The highest BCUT2D eigenvalue weighted by molar-refractivity contribution is 6.03. The van der Waals surface area contributed by atoms with E-state index in [-0.39, 0.29) is 17.7 Å². The van der Waals surface area contributed by atoms with Crippen molar-refractivity contribution < 1.29 is 28.0 Å². The van der Waals surface area contributed by atoms with Crippen molar-refractivity contribution in [1.29, 1.82) is 0 Å². The Morgan fingerprint density at radius 1 is 1.10 bits per heavy atom. The monoisotopic (exact) mass is 433 g/mol. The summed E-state index contributed by atoms with van der Waals surface area (Å²) >= 11 is 0. The van der Waals surface area contributed by atoms with Crippen LogP contribution in [0, 0.1) is 5.92 Å². The van der Waals surface area contributed by atoms with Crippen LogP contribution in [0.5, 0.6) is 0 Å². The van der Waals surface area contributed by atoms with Crippen LogP contribution < -0.4 is 5.32 Å². The largest absolute Gasteiger partial charge is 0.458 e. The molecule has 2 aliphatic rings.